The molecule has 1 unspecified atom stereocenters. The second-order valence-corrected chi connectivity index (χ2v) is 9.54. The molecule has 1 saturated carbocycles. The lowest BCUT2D eigenvalue weighted by atomic mass is 9.69. The van der Waals surface area contributed by atoms with Crippen LogP contribution in [0.25, 0.3) is 0 Å². The second kappa shape index (κ2) is 9.79. The van der Waals surface area contributed by atoms with Gasteiger partial charge in [-0.15, -0.1) is 0 Å². The van der Waals surface area contributed by atoms with Crippen molar-refractivity contribution < 1.29 is 45.4 Å². The quantitative estimate of drug-likeness (QED) is 0.485. The van der Waals surface area contributed by atoms with Crippen molar-refractivity contribution in [2.75, 3.05) is 6.54 Å². The number of fused-ring (bicyclic) bond motifs is 1. The number of amides is 2. The van der Waals surface area contributed by atoms with Gasteiger partial charge in [0.2, 0.25) is 0 Å². The number of benzene rings is 2. The average Bonchev–Trinajstić information content (AvgIpc) is 3.15. The van der Waals surface area contributed by atoms with Gasteiger partial charge in [0.15, 0.2) is 0 Å². The molecule has 0 spiro atoms. The number of rotatable bonds is 4. The van der Waals surface area contributed by atoms with Gasteiger partial charge in [-0.3, -0.25) is 4.90 Å². The average molecular weight is 534 g/mol. The highest BCUT2D eigenvalue weighted by molar-refractivity contribution is 5.72. The molecule has 2 aromatic rings. The number of alkyl halides is 6. The molecule has 2 aromatic carbocycles. The van der Waals surface area contributed by atoms with E-state index in [-0.39, 0.29) is 30.0 Å². The van der Waals surface area contributed by atoms with E-state index in [0.717, 1.165) is 4.90 Å². The molecule has 12 heteroatoms. The first-order valence-corrected chi connectivity index (χ1v) is 11.6. The van der Waals surface area contributed by atoms with Crippen molar-refractivity contribution in [2.45, 2.75) is 56.5 Å². The summed E-state index contributed by atoms with van der Waals surface area (Å²) in [5.74, 6) is -1.81. The van der Waals surface area contributed by atoms with Gasteiger partial charge in [0.25, 0.3) is 0 Å². The fourth-order valence-electron chi connectivity index (χ4n) is 5.55. The Morgan fingerprint density at radius 1 is 1.00 bits per heavy atom. The molecule has 2 aliphatic rings. The molecule has 4 rings (SSSR count). The number of hydrogen-bond acceptors (Lipinski definition) is 3. The smallest absolute Gasteiger partial charge is 0.373 e. The molecule has 2 amide bonds. The Hall–Kier alpha value is -2.86. The Morgan fingerprint density at radius 3 is 2.08 bits per heavy atom. The zero-order valence-electron chi connectivity index (χ0n) is 19.6. The fraction of sp³-hybridized carbons (Fsp3) is 0.480. The molecular weight excluding hydrogens is 509 g/mol. The summed E-state index contributed by atoms with van der Waals surface area (Å²) in [4.78, 5) is 12.9. The van der Waals surface area contributed by atoms with Gasteiger partial charge < -0.3 is 15.6 Å². The Labute approximate surface area is 208 Å². The maximum absolute atomic E-state index is 13.6. The predicted octanol–water partition coefficient (Wildman–Crippen LogP) is 5.83. The number of aliphatic hydroxyl groups excluding tert-OH is 1. The summed E-state index contributed by atoms with van der Waals surface area (Å²) >= 11 is 0. The molecule has 0 bridgehead atoms. The number of likely N-dealkylation sites (tertiary alicyclic amines) is 1. The van der Waals surface area contributed by atoms with Gasteiger partial charge in [-0.25, -0.2) is 9.18 Å². The van der Waals surface area contributed by atoms with E-state index in [1.54, 1.807) is 0 Å². The first-order valence-electron chi connectivity index (χ1n) is 11.6. The van der Waals surface area contributed by atoms with Crippen molar-refractivity contribution in [1.29, 1.82) is 0 Å². The van der Waals surface area contributed by atoms with Gasteiger partial charge in [-0.05, 0) is 67.1 Å². The van der Waals surface area contributed by atoms with Crippen molar-refractivity contribution in [1.82, 2.24) is 4.90 Å². The number of urea groups is 1. The monoisotopic (exact) mass is 534 g/mol. The normalized spacial score (nSPS) is 27.2. The molecule has 1 heterocycles. The van der Waals surface area contributed by atoms with Crippen LogP contribution < -0.4 is 5.73 Å². The number of nitrogens with two attached hydrogens (primary N) is 1. The number of aliphatic hydroxyl groups is 1. The van der Waals surface area contributed by atoms with Gasteiger partial charge in [-0.2, -0.15) is 26.3 Å². The summed E-state index contributed by atoms with van der Waals surface area (Å²) in [6.45, 7) is 1.43. The third-order valence-electron chi connectivity index (χ3n) is 7.30. The highest BCUT2D eigenvalue weighted by Gasteiger charge is 2.51. The van der Waals surface area contributed by atoms with Crippen LogP contribution in [0.1, 0.15) is 54.0 Å². The van der Waals surface area contributed by atoms with Crippen LogP contribution in [0.2, 0.25) is 0 Å². The van der Waals surface area contributed by atoms with E-state index in [1.165, 1.54) is 31.2 Å². The SMILES string of the molecule is C[C@@H](O[C@H]1CC[C@@H]2C(O)N(C(N)=O)C[C@H]2[C@@H]1c1ccc(F)cc1)c1cc(C(F)(F)F)cc(C(F)(F)F)c1. The molecule has 1 saturated heterocycles. The summed E-state index contributed by atoms with van der Waals surface area (Å²) in [6.07, 6.45) is -12.3. The van der Waals surface area contributed by atoms with E-state index in [9.17, 15) is 40.6 Å². The summed E-state index contributed by atoms with van der Waals surface area (Å²) in [6, 6.07) is 5.95. The third-order valence-corrected chi connectivity index (χ3v) is 7.30. The molecule has 0 radical (unpaired) electrons. The van der Waals surface area contributed by atoms with Crippen LogP contribution in [-0.4, -0.2) is 34.9 Å². The lowest BCUT2D eigenvalue weighted by molar-refractivity contribution is -0.143. The summed E-state index contributed by atoms with van der Waals surface area (Å²) in [7, 11) is 0. The van der Waals surface area contributed by atoms with Crippen LogP contribution in [0, 0.1) is 17.7 Å². The van der Waals surface area contributed by atoms with Crippen LogP contribution in [0.3, 0.4) is 0 Å². The number of primary amides is 1. The summed E-state index contributed by atoms with van der Waals surface area (Å²) < 4.78 is 99.9. The maximum atomic E-state index is 13.6. The topological polar surface area (TPSA) is 75.8 Å². The number of ether oxygens (including phenoxy) is 1. The zero-order valence-corrected chi connectivity index (χ0v) is 19.6. The van der Waals surface area contributed by atoms with E-state index in [1.807, 2.05) is 0 Å². The minimum absolute atomic E-state index is 0.0566. The van der Waals surface area contributed by atoms with Crippen LogP contribution in [0.15, 0.2) is 42.5 Å². The van der Waals surface area contributed by atoms with Crippen molar-refractivity contribution in [3.8, 4) is 0 Å². The largest absolute Gasteiger partial charge is 0.416 e. The molecule has 2 fully saturated rings. The zero-order chi connectivity index (χ0) is 27.3. The van der Waals surface area contributed by atoms with Crippen LogP contribution in [0.4, 0.5) is 35.5 Å². The summed E-state index contributed by atoms with van der Waals surface area (Å²) in [5, 5.41) is 10.6. The molecule has 202 valence electrons. The van der Waals surface area contributed by atoms with Gasteiger partial charge in [0.1, 0.15) is 12.0 Å². The highest BCUT2D eigenvalue weighted by Crippen LogP contribution is 2.49. The molecule has 3 N–H and O–H groups in total. The maximum Gasteiger partial charge on any atom is 0.416 e. The predicted molar refractivity (Wildman–Crippen MR) is 117 cm³/mol. The van der Waals surface area contributed by atoms with Crippen molar-refractivity contribution in [3.05, 3.63) is 70.5 Å². The van der Waals surface area contributed by atoms with Crippen molar-refractivity contribution in [2.24, 2.45) is 17.6 Å². The lowest BCUT2D eigenvalue weighted by Gasteiger charge is -2.41. The number of carbonyl (C=O) groups excluding carboxylic acids is 1. The van der Waals surface area contributed by atoms with Gasteiger partial charge in [0.05, 0.1) is 23.3 Å². The minimum atomic E-state index is -5.00. The Kier molecular flexibility index (Phi) is 7.19. The number of hydrogen-bond donors (Lipinski definition) is 2. The van der Waals surface area contributed by atoms with E-state index in [4.69, 9.17) is 10.5 Å². The second-order valence-electron chi connectivity index (χ2n) is 9.54. The molecular formula is C25H25F7N2O3. The van der Waals surface area contributed by atoms with Gasteiger partial charge >= 0.3 is 18.4 Å². The van der Waals surface area contributed by atoms with Crippen molar-refractivity contribution >= 4 is 6.03 Å². The van der Waals surface area contributed by atoms with E-state index in [2.05, 4.69) is 0 Å². The highest BCUT2D eigenvalue weighted by atomic mass is 19.4. The first kappa shape index (κ1) is 27.2. The molecule has 1 aliphatic heterocycles. The number of halogens is 7. The molecule has 1 aliphatic carbocycles. The summed E-state index contributed by atoms with van der Waals surface area (Å²) in [5.41, 5.74) is 2.82. The Balaban J connectivity index is 1.68. The van der Waals surface area contributed by atoms with E-state index < -0.39 is 59.7 Å². The fourth-order valence-corrected chi connectivity index (χ4v) is 5.55. The van der Waals surface area contributed by atoms with Crippen LogP contribution in [0.5, 0.6) is 0 Å². The van der Waals surface area contributed by atoms with E-state index in [0.29, 0.717) is 30.5 Å². The Bertz CT molecular complexity index is 1100. The number of nitrogens with zero attached hydrogens (tertiary/aromatic N) is 1. The Morgan fingerprint density at radius 2 is 1.57 bits per heavy atom. The third kappa shape index (κ3) is 5.54. The molecule has 37 heavy (non-hydrogen) atoms. The molecule has 6 atom stereocenters. The van der Waals surface area contributed by atoms with Crippen LogP contribution in [-0.2, 0) is 17.1 Å². The van der Waals surface area contributed by atoms with E-state index >= 15 is 0 Å². The molecule has 5 nitrogen and oxygen atoms in total. The minimum Gasteiger partial charge on any atom is -0.373 e. The standard InChI is InChI=1S/C25H25F7N2O3/c1-12(14-8-15(24(27,28)29)10-16(9-14)25(30,31)32)37-20-7-6-18-19(11-34(22(18)35)23(33)36)21(20)13-2-4-17(26)5-3-13/h2-5,8-10,12,18-22,35H,6-7,11H2,1H3,(H2,33,36)/t12-,18+,19-,20+,21+,22?/m1/s1. The number of carbonyl (C=O) groups is 1. The van der Waals surface area contributed by atoms with Crippen LogP contribution >= 0.6 is 0 Å². The first-order chi connectivity index (χ1) is 17.2. The lowest BCUT2D eigenvalue weighted by Crippen LogP contribution is -2.41. The molecule has 0 aromatic heterocycles. The van der Waals surface area contributed by atoms with Crippen molar-refractivity contribution in [3.63, 3.8) is 0 Å². The van der Waals surface area contributed by atoms with Gasteiger partial charge in [0, 0.05) is 18.4 Å². The van der Waals surface area contributed by atoms with Gasteiger partial charge in [-0.1, -0.05) is 12.1 Å².